The van der Waals surface area contributed by atoms with E-state index in [1.807, 2.05) is 32.9 Å². The van der Waals surface area contributed by atoms with E-state index in [2.05, 4.69) is 32.1 Å². The van der Waals surface area contributed by atoms with E-state index in [4.69, 9.17) is 21.1 Å². The number of likely N-dealkylation sites (N-methyl/N-ethyl adjacent to an activating group) is 1. The lowest BCUT2D eigenvalue weighted by Gasteiger charge is -2.32. The first kappa shape index (κ1) is 33.1. The van der Waals surface area contributed by atoms with Crippen molar-refractivity contribution in [2.24, 2.45) is 0 Å². The highest BCUT2D eigenvalue weighted by Crippen LogP contribution is 2.31. The molecule has 1 saturated heterocycles. The molecule has 0 aliphatic carbocycles. The Bertz CT molecular complexity index is 1730. The van der Waals surface area contributed by atoms with Gasteiger partial charge in [-0.05, 0) is 74.8 Å². The van der Waals surface area contributed by atoms with Gasteiger partial charge in [0, 0.05) is 68.2 Å². The topological polar surface area (TPSA) is 83.1 Å². The molecule has 9 nitrogen and oxygen atoms in total. The number of anilines is 3. The summed E-state index contributed by atoms with van der Waals surface area (Å²) in [5.41, 5.74) is 4.78. The summed E-state index contributed by atoms with van der Waals surface area (Å²) in [7, 11) is 3.46. The Balaban J connectivity index is 1.37. The van der Waals surface area contributed by atoms with Crippen molar-refractivity contribution in [3.8, 4) is 22.9 Å². The molecule has 3 aromatic carbocycles. The van der Waals surface area contributed by atoms with Gasteiger partial charge in [-0.3, -0.25) is 9.80 Å². The van der Waals surface area contributed by atoms with E-state index < -0.39 is 17.7 Å². The number of piperazine rings is 1. The van der Waals surface area contributed by atoms with Crippen molar-refractivity contribution in [1.29, 1.82) is 0 Å². The van der Waals surface area contributed by atoms with Crippen LogP contribution in [0.25, 0.3) is 11.3 Å². The van der Waals surface area contributed by atoms with Crippen LogP contribution in [0, 0.1) is 32.4 Å². The van der Waals surface area contributed by atoms with Gasteiger partial charge < -0.3 is 19.7 Å². The molecule has 0 atom stereocenters. The van der Waals surface area contributed by atoms with Crippen molar-refractivity contribution < 1.29 is 23.0 Å². The highest BCUT2D eigenvalue weighted by Gasteiger charge is 2.21. The summed E-state index contributed by atoms with van der Waals surface area (Å²) >= 11 is 6.02. The van der Waals surface area contributed by atoms with Crippen LogP contribution in [0.15, 0.2) is 54.6 Å². The minimum absolute atomic E-state index is 0.0588. The smallest absolute Gasteiger partial charge is 0.420 e. The molecule has 0 radical (unpaired) electrons. The number of aromatic nitrogens is 2. The van der Waals surface area contributed by atoms with Crippen molar-refractivity contribution in [3.63, 3.8) is 0 Å². The average Bonchev–Trinajstić information content (AvgIpc) is 3.02. The molecule has 2 heterocycles. The van der Waals surface area contributed by atoms with E-state index in [1.54, 1.807) is 12.1 Å². The lowest BCUT2D eigenvalue weighted by molar-refractivity contribution is 0.132. The Labute approximate surface area is 272 Å². The third kappa shape index (κ3) is 7.90. The quantitative estimate of drug-likeness (QED) is 0.207. The first-order valence-electron chi connectivity index (χ1n) is 15.0. The Kier molecular flexibility index (Phi) is 10.4. The molecule has 1 aliphatic rings. The van der Waals surface area contributed by atoms with Crippen molar-refractivity contribution in [3.05, 3.63) is 87.9 Å². The van der Waals surface area contributed by atoms with Crippen molar-refractivity contribution >= 4 is 35.0 Å². The molecule has 0 spiro atoms. The molecule has 1 amide bonds. The molecule has 0 saturated carbocycles. The first-order valence-corrected chi connectivity index (χ1v) is 15.3. The summed E-state index contributed by atoms with van der Waals surface area (Å²) in [5, 5.41) is 3.28. The molecule has 1 N–H and O–H groups in total. The van der Waals surface area contributed by atoms with Gasteiger partial charge in [-0.1, -0.05) is 23.7 Å². The Morgan fingerprint density at radius 2 is 1.72 bits per heavy atom. The number of nitrogens with zero attached hydrogens (tertiary/aromatic N) is 5. The summed E-state index contributed by atoms with van der Waals surface area (Å²) in [5.74, 6) is -1.06. The third-order valence-electron chi connectivity index (χ3n) is 8.22. The number of carbonyl (C=O) groups is 1. The minimum atomic E-state index is -0.891. The second kappa shape index (κ2) is 14.4. The van der Waals surface area contributed by atoms with E-state index in [9.17, 15) is 9.18 Å². The van der Waals surface area contributed by atoms with Gasteiger partial charge in [-0.15, -0.1) is 0 Å². The molecule has 242 valence electrons. The van der Waals surface area contributed by atoms with Gasteiger partial charge in [-0.2, -0.15) is 4.98 Å². The normalized spacial score (nSPS) is 13.8. The second-order valence-corrected chi connectivity index (χ2v) is 11.8. The molecule has 12 heteroatoms. The molecule has 0 bridgehead atoms. The number of rotatable bonds is 9. The summed E-state index contributed by atoms with van der Waals surface area (Å²) in [6.07, 6.45) is -0.891. The lowest BCUT2D eigenvalue weighted by Crippen LogP contribution is -2.45. The van der Waals surface area contributed by atoms with Crippen LogP contribution < -0.4 is 19.7 Å². The van der Waals surface area contributed by atoms with Gasteiger partial charge in [0.15, 0.2) is 11.6 Å². The summed E-state index contributed by atoms with van der Waals surface area (Å²) < 4.78 is 40.9. The number of halogens is 3. The van der Waals surface area contributed by atoms with Crippen LogP contribution in [-0.2, 0) is 0 Å². The predicted octanol–water partition coefficient (Wildman–Crippen LogP) is 7.01. The number of benzene rings is 3. The van der Waals surface area contributed by atoms with Crippen LogP contribution in [0.4, 0.5) is 30.9 Å². The van der Waals surface area contributed by atoms with E-state index in [-0.39, 0.29) is 28.3 Å². The zero-order valence-corrected chi connectivity index (χ0v) is 27.3. The third-order valence-corrected chi connectivity index (χ3v) is 8.46. The van der Waals surface area contributed by atoms with E-state index >= 15 is 4.39 Å². The molecule has 5 rings (SSSR count). The Hall–Kier alpha value is -4.32. The maximum atomic E-state index is 15.1. The molecular weight excluding hydrogens is 614 g/mol. The van der Waals surface area contributed by atoms with E-state index in [0.717, 1.165) is 59.4 Å². The van der Waals surface area contributed by atoms with Crippen LogP contribution in [-0.4, -0.2) is 79.3 Å². The zero-order chi connectivity index (χ0) is 33.0. The predicted molar refractivity (Wildman–Crippen MR) is 177 cm³/mol. The van der Waals surface area contributed by atoms with Crippen LogP contribution in [0.2, 0.25) is 5.02 Å². The van der Waals surface area contributed by atoms with E-state index in [1.165, 1.54) is 31.3 Å². The second-order valence-electron chi connectivity index (χ2n) is 11.4. The molecular formula is C34H37ClF2N6O3. The molecule has 1 aliphatic heterocycles. The fourth-order valence-corrected chi connectivity index (χ4v) is 5.25. The largest absolute Gasteiger partial charge is 0.489 e. The monoisotopic (exact) mass is 650 g/mol. The van der Waals surface area contributed by atoms with Crippen molar-refractivity contribution in [1.82, 2.24) is 19.8 Å². The van der Waals surface area contributed by atoms with Crippen molar-refractivity contribution in [2.45, 2.75) is 20.8 Å². The van der Waals surface area contributed by atoms with Crippen molar-refractivity contribution in [2.75, 3.05) is 63.6 Å². The highest BCUT2D eigenvalue weighted by atomic mass is 35.5. The Morgan fingerprint density at radius 1 is 0.957 bits per heavy atom. The fraction of sp³-hybridized carbons (Fsp3) is 0.324. The maximum absolute atomic E-state index is 15.1. The summed E-state index contributed by atoms with van der Waals surface area (Å²) in [6.45, 7) is 11.0. The number of nitrogens with one attached hydrogen (secondary N) is 1. The molecule has 1 aromatic heterocycles. The SMILES string of the molecule is Cc1ccc(-c2cc(OC(=O)N(C)c3cc(Cl)ccc3F)nc(Nc3ccc(OCCN4CCN(C)CC4)c(F)c3)n2)c(C)c1C. The number of hydrogen-bond donors (Lipinski definition) is 1. The molecule has 4 aromatic rings. The van der Waals surface area contributed by atoms with Gasteiger partial charge in [0.1, 0.15) is 12.4 Å². The minimum Gasteiger partial charge on any atom is -0.489 e. The van der Waals surface area contributed by atoms with Crippen LogP contribution in [0.3, 0.4) is 0 Å². The van der Waals surface area contributed by atoms with Gasteiger partial charge in [0.2, 0.25) is 11.8 Å². The molecule has 46 heavy (non-hydrogen) atoms. The fourth-order valence-electron chi connectivity index (χ4n) is 5.08. The van der Waals surface area contributed by atoms with E-state index in [0.29, 0.717) is 24.5 Å². The van der Waals surface area contributed by atoms with Crippen LogP contribution in [0.1, 0.15) is 16.7 Å². The van der Waals surface area contributed by atoms with Gasteiger partial charge in [-0.25, -0.2) is 18.6 Å². The standard InChI is InChI=1S/C34H37ClF2N6O3/c1-21-6-9-26(23(3)22(21)2)29-20-32(46-34(44)42(5)30-18-24(35)7-10-27(30)36)40-33(39-29)38-25-8-11-31(28(37)19-25)45-17-16-43-14-12-41(4)13-15-43/h6-11,18-20H,12-17H2,1-5H3,(H,38,39,40). The number of ether oxygens (including phenoxy) is 2. The summed E-state index contributed by atoms with van der Waals surface area (Å²) in [4.78, 5) is 27.7. The van der Waals surface area contributed by atoms with Gasteiger partial charge >= 0.3 is 6.09 Å². The lowest BCUT2D eigenvalue weighted by atomic mass is 9.97. The number of carbonyl (C=O) groups excluding carboxylic acids is 1. The average molecular weight is 651 g/mol. The Morgan fingerprint density at radius 3 is 2.46 bits per heavy atom. The van der Waals surface area contributed by atoms with Gasteiger partial charge in [0.05, 0.1) is 11.4 Å². The molecule has 0 unspecified atom stereocenters. The highest BCUT2D eigenvalue weighted by molar-refractivity contribution is 6.30. The van der Waals surface area contributed by atoms with Gasteiger partial charge in [0.25, 0.3) is 0 Å². The number of aryl methyl sites for hydroxylation is 1. The number of amides is 1. The molecule has 1 fully saturated rings. The zero-order valence-electron chi connectivity index (χ0n) is 26.5. The summed E-state index contributed by atoms with van der Waals surface area (Å²) in [6, 6.07) is 13.8. The van der Waals surface area contributed by atoms with Crippen LogP contribution >= 0.6 is 11.6 Å². The van der Waals surface area contributed by atoms with Crippen LogP contribution in [0.5, 0.6) is 11.6 Å². The maximum Gasteiger partial charge on any atom is 0.420 e. The first-order chi connectivity index (χ1) is 22.0. The number of hydrogen-bond acceptors (Lipinski definition) is 8.